The van der Waals surface area contributed by atoms with Gasteiger partial charge in [-0.2, -0.15) is 0 Å². The smallest absolute Gasteiger partial charge is 0.311 e. The summed E-state index contributed by atoms with van der Waals surface area (Å²) < 4.78 is 15.3. The van der Waals surface area contributed by atoms with Gasteiger partial charge in [0, 0.05) is 5.38 Å². The van der Waals surface area contributed by atoms with E-state index in [9.17, 15) is 9.59 Å². The number of hydrogen-bond acceptors (Lipinski definition) is 7. The number of ether oxygens (including phenoxy) is 3. The van der Waals surface area contributed by atoms with Crippen molar-refractivity contribution in [3.63, 3.8) is 0 Å². The highest BCUT2D eigenvalue weighted by molar-refractivity contribution is 7.13. The minimum Gasteiger partial charge on any atom is -0.493 e. The molecule has 0 atom stereocenters. The lowest BCUT2D eigenvalue weighted by Crippen LogP contribution is -2.20. The largest absolute Gasteiger partial charge is 0.493 e. The van der Waals surface area contributed by atoms with E-state index in [0.29, 0.717) is 22.3 Å². The van der Waals surface area contributed by atoms with E-state index in [0.717, 1.165) is 5.56 Å². The fourth-order valence-electron chi connectivity index (χ4n) is 1.86. The van der Waals surface area contributed by atoms with Crippen LogP contribution in [0.1, 0.15) is 11.3 Å². The molecule has 1 amide bonds. The monoisotopic (exact) mass is 350 g/mol. The van der Waals surface area contributed by atoms with Crippen molar-refractivity contribution in [1.29, 1.82) is 0 Å². The second kappa shape index (κ2) is 8.30. The van der Waals surface area contributed by atoms with Crippen LogP contribution in [-0.2, 0) is 20.7 Å². The lowest BCUT2D eigenvalue weighted by atomic mass is 10.2. The third kappa shape index (κ3) is 4.95. The summed E-state index contributed by atoms with van der Waals surface area (Å²) in [6.07, 6.45) is 0.0694. The third-order valence-corrected chi connectivity index (χ3v) is 3.84. The molecule has 0 bridgehead atoms. The topological polar surface area (TPSA) is 86.8 Å². The molecule has 24 heavy (non-hydrogen) atoms. The molecular weight excluding hydrogens is 332 g/mol. The number of thiazole rings is 1. The Balaban J connectivity index is 1.89. The van der Waals surface area contributed by atoms with E-state index in [1.807, 2.05) is 19.1 Å². The predicted octanol–water partition coefficient (Wildman–Crippen LogP) is 2.19. The Morgan fingerprint density at radius 1 is 1.25 bits per heavy atom. The lowest BCUT2D eigenvalue weighted by molar-refractivity contribution is -0.139. The molecule has 0 spiro atoms. The number of methoxy groups -OCH3 is 2. The van der Waals surface area contributed by atoms with Gasteiger partial charge in [-0.15, -0.1) is 11.3 Å². The molecule has 0 aliphatic carbocycles. The van der Waals surface area contributed by atoms with Gasteiger partial charge in [-0.05, 0) is 24.6 Å². The van der Waals surface area contributed by atoms with Gasteiger partial charge in [-0.1, -0.05) is 6.07 Å². The average molecular weight is 350 g/mol. The maximum absolute atomic E-state index is 11.9. The first-order chi connectivity index (χ1) is 11.5. The number of amides is 1. The predicted molar refractivity (Wildman–Crippen MR) is 89.7 cm³/mol. The van der Waals surface area contributed by atoms with Crippen molar-refractivity contribution < 1.29 is 23.8 Å². The molecule has 0 unspecified atom stereocenters. The fourth-order valence-corrected chi connectivity index (χ4v) is 2.58. The summed E-state index contributed by atoms with van der Waals surface area (Å²) in [5, 5.41) is 4.72. The summed E-state index contributed by atoms with van der Waals surface area (Å²) >= 11 is 1.23. The molecular formula is C16H18N2O5S. The van der Waals surface area contributed by atoms with Crippen molar-refractivity contribution in [2.75, 3.05) is 26.1 Å². The van der Waals surface area contributed by atoms with Gasteiger partial charge >= 0.3 is 5.97 Å². The maximum Gasteiger partial charge on any atom is 0.311 e. The molecule has 8 heteroatoms. The molecule has 0 aliphatic heterocycles. The first kappa shape index (κ1) is 17.7. The molecule has 1 heterocycles. The Kier molecular flexibility index (Phi) is 6.14. The van der Waals surface area contributed by atoms with Gasteiger partial charge in [0.2, 0.25) is 0 Å². The third-order valence-electron chi connectivity index (χ3n) is 3.03. The standard InChI is InChI=1S/C16H18N2O5S/c1-10-4-5-12(13(6-10)21-2)23-8-14(19)18-16-17-11(9-24-16)7-15(20)22-3/h4-6,9H,7-8H2,1-3H3,(H,17,18,19). The lowest BCUT2D eigenvalue weighted by Gasteiger charge is -2.10. The van der Waals surface area contributed by atoms with Crippen LogP contribution in [0.3, 0.4) is 0 Å². The molecule has 1 aromatic carbocycles. The number of hydrogen-bond donors (Lipinski definition) is 1. The Morgan fingerprint density at radius 3 is 2.75 bits per heavy atom. The second-order valence-electron chi connectivity index (χ2n) is 4.89. The Bertz CT molecular complexity index is 729. The van der Waals surface area contributed by atoms with Crippen LogP contribution in [0.2, 0.25) is 0 Å². The van der Waals surface area contributed by atoms with Crippen LogP contribution < -0.4 is 14.8 Å². The van der Waals surface area contributed by atoms with Gasteiger partial charge in [0.05, 0.1) is 26.3 Å². The summed E-state index contributed by atoms with van der Waals surface area (Å²) in [4.78, 5) is 27.3. The summed E-state index contributed by atoms with van der Waals surface area (Å²) in [6.45, 7) is 1.76. The molecule has 128 valence electrons. The van der Waals surface area contributed by atoms with E-state index in [1.165, 1.54) is 18.4 Å². The first-order valence-corrected chi connectivity index (χ1v) is 7.98. The van der Waals surface area contributed by atoms with E-state index in [-0.39, 0.29) is 24.9 Å². The molecule has 0 fully saturated rings. The van der Waals surface area contributed by atoms with Crippen LogP contribution in [0.15, 0.2) is 23.6 Å². The van der Waals surface area contributed by atoms with Crippen LogP contribution in [-0.4, -0.2) is 37.7 Å². The van der Waals surface area contributed by atoms with Crippen molar-refractivity contribution in [1.82, 2.24) is 4.98 Å². The molecule has 0 saturated carbocycles. The van der Waals surface area contributed by atoms with Gasteiger partial charge in [0.1, 0.15) is 0 Å². The van der Waals surface area contributed by atoms with E-state index < -0.39 is 0 Å². The minimum atomic E-state index is -0.382. The Labute approximate surface area is 143 Å². The summed E-state index contributed by atoms with van der Waals surface area (Å²) in [7, 11) is 2.86. The van der Waals surface area contributed by atoms with Crippen molar-refractivity contribution >= 4 is 28.3 Å². The van der Waals surface area contributed by atoms with E-state index in [2.05, 4.69) is 15.0 Å². The molecule has 2 rings (SSSR count). The van der Waals surface area contributed by atoms with Crippen molar-refractivity contribution in [3.05, 3.63) is 34.8 Å². The quantitative estimate of drug-likeness (QED) is 0.770. The molecule has 7 nitrogen and oxygen atoms in total. The van der Waals surface area contributed by atoms with Gasteiger partial charge < -0.3 is 14.2 Å². The molecule has 0 aliphatic rings. The second-order valence-corrected chi connectivity index (χ2v) is 5.75. The fraction of sp³-hybridized carbons (Fsp3) is 0.312. The molecule has 0 saturated heterocycles. The SMILES string of the molecule is COC(=O)Cc1csc(NC(=O)COc2ccc(C)cc2OC)n1. The van der Waals surface area contributed by atoms with Gasteiger partial charge in [0.25, 0.3) is 5.91 Å². The summed E-state index contributed by atoms with van der Waals surface area (Å²) in [5.41, 5.74) is 1.58. The molecule has 2 aromatic rings. The van der Waals surface area contributed by atoms with E-state index in [4.69, 9.17) is 9.47 Å². The van der Waals surface area contributed by atoms with Gasteiger partial charge in [-0.25, -0.2) is 4.98 Å². The molecule has 1 N–H and O–H groups in total. The number of nitrogens with zero attached hydrogens (tertiary/aromatic N) is 1. The number of benzene rings is 1. The minimum absolute atomic E-state index is 0.0694. The van der Waals surface area contributed by atoms with Crippen LogP contribution >= 0.6 is 11.3 Å². The zero-order valence-electron chi connectivity index (χ0n) is 13.6. The number of nitrogens with one attached hydrogen (secondary N) is 1. The van der Waals surface area contributed by atoms with Crippen LogP contribution in [0, 0.1) is 6.92 Å². The highest BCUT2D eigenvalue weighted by atomic mass is 32.1. The van der Waals surface area contributed by atoms with Crippen LogP contribution in [0.4, 0.5) is 5.13 Å². The number of esters is 1. The Hall–Kier alpha value is -2.61. The number of carbonyl (C=O) groups excluding carboxylic acids is 2. The summed E-state index contributed by atoms with van der Waals surface area (Å²) in [6, 6.07) is 5.45. The van der Waals surface area contributed by atoms with E-state index >= 15 is 0 Å². The van der Waals surface area contributed by atoms with Gasteiger partial charge in [-0.3, -0.25) is 14.9 Å². The number of anilines is 1. The zero-order chi connectivity index (χ0) is 17.5. The number of aromatic nitrogens is 1. The average Bonchev–Trinajstić information content (AvgIpc) is 3.00. The number of aryl methyl sites for hydroxylation is 1. The zero-order valence-corrected chi connectivity index (χ0v) is 14.4. The summed E-state index contributed by atoms with van der Waals surface area (Å²) in [5.74, 6) is 0.325. The highest BCUT2D eigenvalue weighted by Crippen LogP contribution is 2.27. The van der Waals surface area contributed by atoms with Crippen LogP contribution in [0.5, 0.6) is 11.5 Å². The first-order valence-electron chi connectivity index (χ1n) is 7.10. The van der Waals surface area contributed by atoms with Crippen molar-refractivity contribution in [2.45, 2.75) is 13.3 Å². The number of rotatable bonds is 7. The van der Waals surface area contributed by atoms with Gasteiger partial charge in [0.15, 0.2) is 23.2 Å². The highest BCUT2D eigenvalue weighted by Gasteiger charge is 2.11. The van der Waals surface area contributed by atoms with Crippen molar-refractivity contribution in [3.8, 4) is 11.5 Å². The van der Waals surface area contributed by atoms with Crippen molar-refractivity contribution in [2.24, 2.45) is 0 Å². The number of carbonyl (C=O) groups is 2. The normalized spacial score (nSPS) is 10.1. The Morgan fingerprint density at radius 2 is 2.04 bits per heavy atom. The van der Waals surface area contributed by atoms with E-state index in [1.54, 1.807) is 18.6 Å². The van der Waals surface area contributed by atoms with Crippen LogP contribution in [0.25, 0.3) is 0 Å². The molecule has 0 radical (unpaired) electrons. The maximum atomic E-state index is 11.9. The molecule has 1 aromatic heterocycles.